The van der Waals surface area contributed by atoms with Crippen molar-refractivity contribution in [2.75, 3.05) is 24.6 Å². The minimum Gasteiger partial charge on any atom is -0.384 e. The van der Waals surface area contributed by atoms with Crippen molar-refractivity contribution in [3.8, 4) is 5.69 Å². The first-order valence-electron chi connectivity index (χ1n) is 11.0. The molecule has 0 saturated heterocycles. The Morgan fingerprint density at radius 2 is 1.88 bits per heavy atom. The Bertz CT molecular complexity index is 1510. The van der Waals surface area contributed by atoms with E-state index in [1.807, 2.05) is 6.07 Å². The van der Waals surface area contributed by atoms with Gasteiger partial charge in [-0.2, -0.15) is 9.97 Å². The molecule has 4 aromatic rings. The average molecular weight is 494 g/mol. The number of nitrogens with zero attached hydrogens (tertiary/aromatic N) is 5. The van der Waals surface area contributed by atoms with Crippen LogP contribution in [-0.4, -0.2) is 38.0 Å². The summed E-state index contributed by atoms with van der Waals surface area (Å²) in [6.45, 7) is 1.05. The van der Waals surface area contributed by atoms with Gasteiger partial charge in [0.1, 0.15) is 5.82 Å². The van der Waals surface area contributed by atoms with Crippen molar-refractivity contribution in [1.82, 2.24) is 24.4 Å². The zero-order chi connectivity index (χ0) is 23.6. The first kappa shape index (κ1) is 21.3. The van der Waals surface area contributed by atoms with Crippen LogP contribution in [0.15, 0.2) is 47.4 Å². The van der Waals surface area contributed by atoms with Crippen LogP contribution >= 0.6 is 23.2 Å². The molecule has 1 saturated carbocycles. The number of aromatic nitrogens is 4. The van der Waals surface area contributed by atoms with E-state index in [-0.39, 0.29) is 32.7 Å². The maximum absolute atomic E-state index is 12.9. The van der Waals surface area contributed by atoms with E-state index in [1.165, 1.54) is 28.5 Å². The predicted molar refractivity (Wildman–Crippen MR) is 134 cm³/mol. The van der Waals surface area contributed by atoms with Crippen molar-refractivity contribution in [1.29, 1.82) is 0 Å². The summed E-state index contributed by atoms with van der Waals surface area (Å²) in [5, 5.41) is 4.23. The molecule has 2 aromatic carbocycles. The molecule has 0 bridgehead atoms. The molecule has 0 amide bonds. The zero-order valence-corrected chi connectivity index (χ0v) is 19.9. The van der Waals surface area contributed by atoms with Gasteiger partial charge in [0.05, 0.1) is 21.1 Å². The Morgan fingerprint density at radius 1 is 1.12 bits per heavy atom. The summed E-state index contributed by atoms with van der Waals surface area (Å²) in [6, 6.07) is 11.4. The van der Waals surface area contributed by atoms with Gasteiger partial charge in [0.2, 0.25) is 5.95 Å². The highest BCUT2D eigenvalue weighted by molar-refractivity contribution is 6.37. The van der Waals surface area contributed by atoms with E-state index in [0.717, 1.165) is 18.7 Å². The van der Waals surface area contributed by atoms with E-state index in [0.29, 0.717) is 11.3 Å². The number of hydrogen-bond donors (Lipinski definition) is 2. The summed E-state index contributed by atoms with van der Waals surface area (Å²) < 4.78 is 1.18. The van der Waals surface area contributed by atoms with Gasteiger partial charge in [-0.25, -0.2) is 14.3 Å². The lowest BCUT2D eigenvalue weighted by atomic mass is 9.90. The van der Waals surface area contributed by atoms with Gasteiger partial charge in [-0.1, -0.05) is 35.3 Å². The van der Waals surface area contributed by atoms with E-state index >= 15 is 0 Å². The zero-order valence-electron chi connectivity index (χ0n) is 18.3. The summed E-state index contributed by atoms with van der Waals surface area (Å²) in [6.07, 6.45) is 4.96. The van der Waals surface area contributed by atoms with Gasteiger partial charge in [-0.15, -0.1) is 0 Å². The average Bonchev–Trinajstić information content (AvgIpc) is 3.60. The van der Waals surface area contributed by atoms with E-state index in [4.69, 9.17) is 28.9 Å². The molecule has 1 aliphatic heterocycles. The van der Waals surface area contributed by atoms with Crippen LogP contribution in [0.5, 0.6) is 0 Å². The lowest BCUT2D eigenvalue weighted by Crippen LogP contribution is -2.38. The third-order valence-electron chi connectivity index (χ3n) is 6.87. The Labute approximate surface area is 205 Å². The normalized spacial score (nSPS) is 16.6. The van der Waals surface area contributed by atoms with Gasteiger partial charge < -0.3 is 11.1 Å². The molecule has 0 unspecified atom stereocenters. The highest BCUT2D eigenvalue weighted by Gasteiger charge is 2.50. The molecule has 172 valence electrons. The Balaban J connectivity index is 1.36. The second-order valence-electron chi connectivity index (χ2n) is 8.82. The number of anilines is 3. The molecule has 3 heterocycles. The Hall–Kier alpha value is -3.20. The molecule has 1 spiro atoms. The molecule has 1 aliphatic carbocycles. The predicted octanol–water partition coefficient (Wildman–Crippen LogP) is 4.29. The third-order valence-corrected chi connectivity index (χ3v) is 7.48. The number of likely N-dealkylation sites (N-methyl/N-ethyl adjacent to an activating group) is 1. The lowest BCUT2D eigenvalue weighted by Gasteiger charge is -2.35. The van der Waals surface area contributed by atoms with Crippen LogP contribution in [0.25, 0.3) is 16.7 Å². The summed E-state index contributed by atoms with van der Waals surface area (Å²) >= 11 is 12.6. The Kier molecular flexibility index (Phi) is 4.81. The fraction of sp³-hybridized carbons (Fsp3) is 0.250. The molecule has 0 atom stereocenters. The number of nitrogens with one attached hydrogen (secondary N) is 1. The number of rotatable bonds is 3. The van der Waals surface area contributed by atoms with Gasteiger partial charge in [-0.05, 0) is 61.7 Å². The first-order valence-corrected chi connectivity index (χ1v) is 11.7. The van der Waals surface area contributed by atoms with Gasteiger partial charge in [0, 0.05) is 24.0 Å². The van der Waals surface area contributed by atoms with Crippen molar-refractivity contribution in [2.24, 2.45) is 0 Å². The van der Waals surface area contributed by atoms with Crippen molar-refractivity contribution < 1.29 is 0 Å². The molecular formula is C24H21Cl2N7O. The van der Waals surface area contributed by atoms with E-state index in [2.05, 4.69) is 44.3 Å². The number of hydrogen-bond acceptors (Lipinski definition) is 7. The largest absolute Gasteiger partial charge is 0.384 e. The van der Waals surface area contributed by atoms with Gasteiger partial charge in [-0.3, -0.25) is 4.90 Å². The smallest absolute Gasteiger partial charge is 0.355 e. The summed E-state index contributed by atoms with van der Waals surface area (Å²) in [7, 11) is 2.21. The second-order valence-corrected chi connectivity index (χ2v) is 9.63. The summed E-state index contributed by atoms with van der Waals surface area (Å²) in [5.41, 5.74) is 10.0. The minimum atomic E-state index is -0.628. The maximum Gasteiger partial charge on any atom is 0.355 e. The van der Waals surface area contributed by atoms with Crippen LogP contribution in [0.4, 0.5) is 17.5 Å². The maximum atomic E-state index is 12.9. The van der Waals surface area contributed by atoms with Crippen molar-refractivity contribution in [3.63, 3.8) is 0 Å². The van der Waals surface area contributed by atoms with Crippen LogP contribution in [-0.2, 0) is 12.0 Å². The summed E-state index contributed by atoms with van der Waals surface area (Å²) in [5.74, 6) is 0.450. The molecule has 6 rings (SSSR count). The minimum absolute atomic E-state index is 0.115. The fourth-order valence-corrected chi connectivity index (χ4v) is 5.49. The molecule has 8 nitrogen and oxygen atoms in total. The molecule has 10 heteroatoms. The topological polar surface area (TPSA) is 102 Å². The van der Waals surface area contributed by atoms with E-state index in [1.54, 1.807) is 24.4 Å². The fourth-order valence-electron chi connectivity index (χ4n) is 4.92. The number of nitrogen functional groups attached to an aromatic ring is 1. The van der Waals surface area contributed by atoms with E-state index in [9.17, 15) is 4.79 Å². The van der Waals surface area contributed by atoms with Gasteiger partial charge in [0.15, 0.2) is 5.65 Å². The van der Waals surface area contributed by atoms with Crippen LogP contribution in [0, 0.1) is 0 Å². The van der Waals surface area contributed by atoms with Gasteiger partial charge >= 0.3 is 5.69 Å². The Morgan fingerprint density at radius 3 is 2.62 bits per heavy atom. The molecule has 34 heavy (non-hydrogen) atoms. The molecule has 0 radical (unpaired) electrons. The monoisotopic (exact) mass is 493 g/mol. The SMILES string of the molecule is CN1CCc2cc(Nc3ncc4c(N)n(-c5c(Cl)cccc5Cl)c(=O)nc4n3)ccc2C12CC2. The first-order chi connectivity index (χ1) is 16.4. The van der Waals surface area contributed by atoms with Gasteiger partial charge in [0.25, 0.3) is 0 Å². The number of benzene rings is 2. The van der Waals surface area contributed by atoms with Crippen molar-refractivity contribution in [3.05, 3.63) is 74.3 Å². The molecule has 2 aromatic heterocycles. The summed E-state index contributed by atoms with van der Waals surface area (Å²) in [4.78, 5) is 28.3. The third kappa shape index (κ3) is 3.25. The highest BCUT2D eigenvalue weighted by atomic mass is 35.5. The molecule has 3 N–H and O–H groups in total. The second kappa shape index (κ2) is 7.66. The molecular weight excluding hydrogens is 473 g/mol. The van der Waals surface area contributed by atoms with Crippen LogP contribution in [0.3, 0.4) is 0 Å². The van der Waals surface area contributed by atoms with Crippen LogP contribution in [0.1, 0.15) is 24.0 Å². The van der Waals surface area contributed by atoms with Crippen molar-refractivity contribution in [2.45, 2.75) is 24.8 Å². The van der Waals surface area contributed by atoms with Crippen LogP contribution in [0.2, 0.25) is 10.0 Å². The number of fused-ring (bicyclic) bond motifs is 3. The molecule has 2 aliphatic rings. The lowest BCUT2D eigenvalue weighted by molar-refractivity contribution is 0.208. The van der Waals surface area contributed by atoms with Crippen LogP contribution < -0.4 is 16.7 Å². The van der Waals surface area contributed by atoms with E-state index < -0.39 is 5.69 Å². The highest BCUT2D eigenvalue weighted by Crippen LogP contribution is 2.53. The molecule has 1 fully saturated rings. The number of para-hydroxylation sites is 1. The quantitative estimate of drug-likeness (QED) is 0.438. The number of halogens is 2. The standard InChI is InChI=1S/C24H21Cl2N7O/c1-32-10-7-13-11-14(5-6-16(13)24(32)8-9-24)29-22-28-12-15-20(27)33(23(34)31-21(15)30-22)19-17(25)3-2-4-18(19)26/h2-6,11-12H,7-10,27H2,1H3,(H,29,30,31,34). The number of nitrogens with two attached hydrogens (primary N) is 1. The van der Waals surface area contributed by atoms with Crippen molar-refractivity contribution >= 4 is 51.7 Å².